The molecule has 0 aliphatic heterocycles. The fourth-order valence-electron chi connectivity index (χ4n) is 4.50. The van der Waals surface area contributed by atoms with Crippen LogP contribution in [0.4, 0.5) is 0 Å². The third kappa shape index (κ3) is 3.32. The zero-order valence-electron chi connectivity index (χ0n) is 18.3. The Morgan fingerprint density at radius 1 is 1.06 bits per heavy atom. The van der Waals surface area contributed by atoms with Crippen molar-refractivity contribution in [1.82, 2.24) is 19.7 Å². The van der Waals surface area contributed by atoms with Crippen LogP contribution in [0.5, 0.6) is 11.5 Å². The number of fused-ring (bicyclic) bond motifs is 1. The number of aromatic nitrogens is 4. The minimum Gasteiger partial charge on any atom is -0.493 e. The van der Waals surface area contributed by atoms with Crippen LogP contribution in [0.3, 0.4) is 0 Å². The predicted molar refractivity (Wildman–Crippen MR) is 120 cm³/mol. The van der Waals surface area contributed by atoms with Gasteiger partial charge in [-0.3, -0.25) is 4.79 Å². The summed E-state index contributed by atoms with van der Waals surface area (Å²) in [4.78, 5) is 22.0. The smallest absolute Gasteiger partial charge is 0.272 e. The molecule has 164 valence electrons. The molecular weight excluding hydrogens is 408 g/mol. The highest BCUT2D eigenvalue weighted by molar-refractivity contribution is 5.81. The Bertz CT molecular complexity index is 1350. The van der Waals surface area contributed by atoms with E-state index >= 15 is 0 Å². The Labute approximate surface area is 184 Å². The molecule has 0 spiro atoms. The van der Waals surface area contributed by atoms with E-state index in [1.807, 2.05) is 34.9 Å². The van der Waals surface area contributed by atoms with Gasteiger partial charge in [0.15, 0.2) is 11.5 Å². The van der Waals surface area contributed by atoms with Crippen molar-refractivity contribution in [3.05, 3.63) is 52.4 Å². The number of ether oxygens (including phenoxy) is 2. The standard InChI is InChI=1S/C24H24N4O4/c1-14-24(29)28(16-7-4-5-8-16)19-12-11-15(13-18(19)25-14)22-26-23(32-27-22)17-9-6-10-20(30-2)21(17)31-3/h6,9-13,16H,4-5,7-8H2,1-3H3. The summed E-state index contributed by atoms with van der Waals surface area (Å²) < 4.78 is 18.3. The van der Waals surface area contributed by atoms with Crippen LogP contribution in [0.25, 0.3) is 33.9 Å². The van der Waals surface area contributed by atoms with E-state index in [9.17, 15) is 4.79 Å². The highest BCUT2D eigenvalue weighted by atomic mass is 16.5. The number of hydrogen-bond acceptors (Lipinski definition) is 7. The number of aryl methyl sites for hydroxylation is 1. The molecule has 8 heteroatoms. The third-order valence-electron chi connectivity index (χ3n) is 6.06. The number of methoxy groups -OCH3 is 2. The lowest BCUT2D eigenvalue weighted by molar-refractivity contribution is 0.353. The van der Waals surface area contributed by atoms with Crippen LogP contribution in [-0.4, -0.2) is 33.9 Å². The van der Waals surface area contributed by atoms with Gasteiger partial charge in [0, 0.05) is 11.6 Å². The maximum atomic E-state index is 12.8. The predicted octanol–water partition coefficient (Wildman–Crippen LogP) is 4.55. The Morgan fingerprint density at radius 2 is 1.88 bits per heavy atom. The van der Waals surface area contributed by atoms with Crippen LogP contribution in [0, 0.1) is 6.92 Å². The molecule has 0 amide bonds. The second-order valence-corrected chi connectivity index (χ2v) is 7.98. The molecule has 2 aromatic heterocycles. The second-order valence-electron chi connectivity index (χ2n) is 7.98. The van der Waals surface area contributed by atoms with Gasteiger partial charge in [-0.25, -0.2) is 4.98 Å². The molecule has 0 saturated heterocycles. The van der Waals surface area contributed by atoms with E-state index in [1.54, 1.807) is 27.2 Å². The van der Waals surface area contributed by atoms with Gasteiger partial charge in [0.25, 0.3) is 11.4 Å². The van der Waals surface area contributed by atoms with Crippen LogP contribution in [0.2, 0.25) is 0 Å². The van der Waals surface area contributed by atoms with Gasteiger partial charge in [-0.15, -0.1) is 0 Å². The molecule has 2 heterocycles. The van der Waals surface area contributed by atoms with Gasteiger partial charge in [0.1, 0.15) is 5.69 Å². The minimum absolute atomic E-state index is 0.0101. The lowest BCUT2D eigenvalue weighted by Gasteiger charge is -2.17. The Morgan fingerprint density at radius 3 is 2.62 bits per heavy atom. The minimum atomic E-state index is -0.0101. The molecule has 0 bridgehead atoms. The first kappa shape index (κ1) is 20.2. The molecule has 1 fully saturated rings. The van der Waals surface area contributed by atoms with Crippen LogP contribution < -0.4 is 15.0 Å². The first-order valence-corrected chi connectivity index (χ1v) is 10.7. The SMILES string of the molecule is COc1cccc(-c2nc(-c3ccc4c(c3)nc(C)c(=O)n4C3CCCC3)no2)c1OC. The van der Waals surface area contributed by atoms with E-state index in [0.717, 1.165) is 42.3 Å². The number of hydrogen-bond donors (Lipinski definition) is 0. The van der Waals surface area contributed by atoms with Gasteiger partial charge >= 0.3 is 0 Å². The Hall–Kier alpha value is -3.68. The number of para-hydroxylation sites is 1. The van der Waals surface area contributed by atoms with Gasteiger partial charge in [-0.1, -0.05) is 24.1 Å². The van der Waals surface area contributed by atoms with E-state index in [1.165, 1.54) is 0 Å². The largest absolute Gasteiger partial charge is 0.493 e. The highest BCUT2D eigenvalue weighted by Gasteiger charge is 2.22. The zero-order chi connectivity index (χ0) is 22.2. The summed E-state index contributed by atoms with van der Waals surface area (Å²) >= 11 is 0. The van der Waals surface area contributed by atoms with E-state index in [0.29, 0.717) is 34.5 Å². The molecule has 1 aliphatic carbocycles. The maximum Gasteiger partial charge on any atom is 0.272 e. The molecule has 0 N–H and O–H groups in total. The maximum absolute atomic E-state index is 12.8. The lowest BCUT2D eigenvalue weighted by Crippen LogP contribution is -2.26. The topological polar surface area (TPSA) is 92.3 Å². The molecule has 1 aliphatic rings. The molecule has 2 aromatic carbocycles. The van der Waals surface area contributed by atoms with Crippen molar-refractivity contribution in [2.24, 2.45) is 0 Å². The molecule has 8 nitrogen and oxygen atoms in total. The zero-order valence-corrected chi connectivity index (χ0v) is 18.3. The molecule has 4 aromatic rings. The van der Waals surface area contributed by atoms with Gasteiger partial charge in [0.2, 0.25) is 5.82 Å². The normalized spacial score (nSPS) is 14.2. The summed E-state index contributed by atoms with van der Waals surface area (Å²) in [6, 6.07) is 11.5. The summed E-state index contributed by atoms with van der Waals surface area (Å²) in [6.45, 7) is 1.77. The van der Waals surface area contributed by atoms with Gasteiger partial charge in [0.05, 0.1) is 30.8 Å². The lowest BCUT2D eigenvalue weighted by atomic mass is 10.1. The third-order valence-corrected chi connectivity index (χ3v) is 6.06. The summed E-state index contributed by atoms with van der Waals surface area (Å²) in [5, 5.41) is 4.16. The average molecular weight is 432 g/mol. The van der Waals surface area contributed by atoms with E-state index in [2.05, 4.69) is 15.1 Å². The summed E-state index contributed by atoms with van der Waals surface area (Å²) in [5.74, 6) is 1.88. The summed E-state index contributed by atoms with van der Waals surface area (Å²) in [5.41, 5.74) is 3.49. The van der Waals surface area contributed by atoms with Gasteiger partial charge in [-0.05, 0) is 50.1 Å². The van der Waals surface area contributed by atoms with Crippen molar-refractivity contribution in [3.8, 4) is 34.3 Å². The molecular formula is C24H24N4O4. The fraction of sp³-hybridized carbons (Fsp3) is 0.333. The van der Waals surface area contributed by atoms with Crippen molar-refractivity contribution in [2.75, 3.05) is 14.2 Å². The molecule has 0 unspecified atom stereocenters. The van der Waals surface area contributed by atoms with Crippen molar-refractivity contribution < 1.29 is 14.0 Å². The van der Waals surface area contributed by atoms with Crippen LogP contribution >= 0.6 is 0 Å². The fourth-order valence-corrected chi connectivity index (χ4v) is 4.50. The molecule has 0 radical (unpaired) electrons. The number of nitrogens with zero attached hydrogens (tertiary/aromatic N) is 4. The summed E-state index contributed by atoms with van der Waals surface area (Å²) in [7, 11) is 3.15. The first-order chi connectivity index (χ1) is 15.6. The number of rotatable bonds is 5. The first-order valence-electron chi connectivity index (χ1n) is 10.7. The summed E-state index contributed by atoms with van der Waals surface area (Å²) in [6.07, 6.45) is 4.35. The van der Waals surface area contributed by atoms with Crippen molar-refractivity contribution in [3.63, 3.8) is 0 Å². The van der Waals surface area contributed by atoms with Crippen LogP contribution in [0.15, 0.2) is 45.7 Å². The Kier molecular flexibility index (Phi) is 5.13. The monoisotopic (exact) mass is 432 g/mol. The van der Waals surface area contributed by atoms with E-state index in [-0.39, 0.29) is 11.6 Å². The highest BCUT2D eigenvalue weighted by Crippen LogP contribution is 2.38. The Balaban J connectivity index is 1.58. The molecule has 5 rings (SSSR count). The molecule has 32 heavy (non-hydrogen) atoms. The van der Waals surface area contributed by atoms with Crippen molar-refractivity contribution in [2.45, 2.75) is 38.6 Å². The van der Waals surface area contributed by atoms with Crippen LogP contribution in [0.1, 0.15) is 37.4 Å². The van der Waals surface area contributed by atoms with Crippen molar-refractivity contribution >= 4 is 11.0 Å². The van der Waals surface area contributed by atoms with Crippen molar-refractivity contribution in [1.29, 1.82) is 0 Å². The molecule has 0 atom stereocenters. The van der Waals surface area contributed by atoms with E-state index in [4.69, 9.17) is 14.0 Å². The second kappa shape index (κ2) is 8.11. The average Bonchev–Trinajstić information content (AvgIpc) is 3.51. The quantitative estimate of drug-likeness (QED) is 0.457. The molecule has 1 saturated carbocycles. The van der Waals surface area contributed by atoms with Gasteiger partial charge < -0.3 is 18.6 Å². The van der Waals surface area contributed by atoms with Gasteiger partial charge in [-0.2, -0.15) is 4.98 Å². The van der Waals surface area contributed by atoms with Crippen LogP contribution in [-0.2, 0) is 0 Å². The van der Waals surface area contributed by atoms with E-state index < -0.39 is 0 Å². The number of benzene rings is 2.